The van der Waals surface area contributed by atoms with Gasteiger partial charge in [0, 0.05) is 42.4 Å². The molecule has 2 heterocycles. The SMILES string of the molecule is CCOC(=O)c1[nH]c2c(-c3c(CNC)nn(C)c3C)c(F)ccc2c1CCCO[Si](C)(C)C(C)(C)C. The summed E-state index contributed by atoms with van der Waals surface area (Å²) in [4.78, 5) is 16.2. The minimum absolute atomic E-state index is 0.128. The average molecular weight is 517 g/mol. The summed E-state index contributed by atoms with van der Waals surface area (Å²) in [7, 11) is 1.81. The van der Waals surface area contributed by atoms with Gasteiger partial charge in [0.15, 0.2) is 8.32 Å². The number of fused-ring (bicyclic) bond motifs is 1. The molecule has 0 spiro atoms. The van der Waals surface area contributed by atoms with Crippen LogP contribution in [0.5, 0.6) is 0 Å². The first-order chi connectivity index (χ1) is 16.8. The van der Waals surface area contributed by atoms with E-state index in [1.165, 1.54) is 6.07 Å². The number of halogens is 1. The van der Waals surface area contributed by atoms with Gasteiger partial charge in [0.05, 0.1) is 17.8 Å². The molecule has 0 unspecified atom stereocenters. The molecule has 0 saturated carbocycles. The van der Waals surface area contributed by atoms with Crippen molar-refractivity contribution in [3.05, 3.63) is 40.6 Å². The van der Waals surface area contributed by atoms with Gasteiger partial charge in [-0.3, -0.25) is 4.68 Å². The molecule has 0 aliphatic heterocycles. The summed E-state index contributed by atoms with van der Waals surface area (Å²) in [5.74, 6) is -0.792. The van der Waals surface area contributed by atoms with Crippen molar-refractivity contribution >= 4 is 25.2 Å². The van der Waals surface area contributed by atoms with Crippen LogP contribution >= 0.6 is 0 Å². The Morgan fingerprint density at radius 1 is 1.25 bits per heavy atom. The molecule has 0 amide bonds. The zero-order valence-corrected chi connectivity index (χ0v) is 24.2. The summed E-state index contributed by atoms with van der Waals surface area (Å²) in [5, 5.41) is 8.66. The summed E-state index contributed by atoms with van der Waals surface area (Å²) in [6.45, 7) is 16.2. The number of rotatable bonds is 10. The van der Waals surface area contributed by atoms with Crippen LogP contribution in [0, 0.1) is 12.7 Å². The molecule has 0 bridgehead atoms. The molecular formula is C27H41FN4O3Si. The van der Waals surface area contributed by atoms with Gasteiger partial charge in [-0.25, -0.2) is 9.18 Å². The monoisotopic (exact) mass is 516 g/mol. The van der Waals surface area contributed by atoms with E-state index in [0.29, 0.717) is 36.3 Å². The summed E-state index contributed by atoms with van der Waals surface area (Å²) in [5.41, 5.74) is 4.57. The average Bonchev–Trinajstić information content (AvgIpc) is 3.28. The summed E-state index contributed by atoms with van der Waals surface area (Å²) < 4.78 is 28.9. The van der Waals surface area contributed by atoms with Crippen LogP contribution in [0.25, 0.3) is 22.0 Å². The van der Waals surface area contributed by atoms with Crippen molar-refractivity contribution in [1.82, 2.24) is 20.1 Å². The van der Waals surface area contributed by atoms with Crippen molar-refractivity contribution < 1.29 is 18.3 Å². The largest absolute Gasteiger partial charge is 0.461 e. The molecule has 36 heavy (non-hydrogen) atoms. The molecule has 0 aliphatic carbocycles. The van der Waals surface area contributed by atoms with E-state index in [4.69, 9.17) is 9.16 Å². The molecule has 7 nitrogen and oxygen atoms in total. The number of aromatic nitrogens is 3. The Kier molecular flexibility index (Phi) is 8.47. The van der Waals surface area contributed by atoms with Crippen LogP contribution in [-0.4, -0.2) is 49.3 Å². The van der Waals surface area contributed by atoms with Crippen molar-refractivity contribution in [2.75, 3.05) is 20.3 Å². The number of aryl methyl sites for hydroxylation is 2. The van der Waals surface area contributed by atoms with Crippen LogP contribution in [0.4, 0.5) is 4.39 Å². The Balaban J connectivity index is 2.08. The lowest BCUT2D eigenvalue weighted by Crippen LogP contribution is -2.41. The number of carbonyl (C=O) groups is 1. The highest BCUT2D eigenvalue weighted by Gasteiger charge is 2.37. The molecule has 198 valence electrons. The number of hydrogen-bond acceptors (Lipinski definition) is 5. The minimum Gasteiger partial charge on any atom is -0.461 e. The van der Waals surface area contributed by atoms with Crippen LogP contribution in [0.2, 0.25) is 18.1 Å². The third-order valence-electron chi connectivity index (χ3n) is 7.35. The lowest BCUT2D eigenvalue weighted by atomic mass is 9.97. The van der Waals surface area contributed by atoms with Crippen molar-refractivity contribution in [3.8, 4) is 11.1 Å². The second-order valence-electron chi connectivity index (χ2n) is 10.8. The standard InChI is InChI=1S/C27H41FN4O3Si/c1-10-34-26(33)25-18(12-11-15-35-36(8,9)27(3,4)5)19-13-14-20(28)23(24(19)30-25)22-17(2)32(7)31-21(22)16-29-6/h13-14,29-30H,10-12,15-16H2,1-9H3. The Bertz CT molecular complexity index is 1240. The highest BCUT2D eigenvalue weighted by atomic mass is 28.4. The van der Waals surface area contributed by atoms with Crippen LogP contribution in [0.3, 0.4) is 0 Å². The quantitative estimate of drug-likeness (QED) is 0.200. The topological polar surface area (TPSA) is 81.2 Å². The molecule has 0 aliphatic rings. The van der Waals surface area contributed by atoms with E-state index in [1.54, 1.807) is 17.7 Å². The maximum Gasteiger partial charge on any atom is 0.355 e. The first-order valence-corrected chi connectivity index (χ1v) is 15.6. The number of ether oxygens (including phenoxy) is 1. The van der Waals surface area contributed by atoms with E-state index in [9.17, 15) is 4.79 Å². The predicted octanol–water partition coefficient (Wildman–Crippen LogP) is 5.87. The summed E-state index contributed by atoms with van der Waals surface area (Å²) in [6, 6.07) is 3.23. The number of hydrogen-bond donors (Lipinski definition) is 2. The fourth-order valence-corrected chi connectivity index (χ4v) is 5.35. The maximum absolute atomic E-state index is 15.4. The molecule has 3 rings (SSSR count). The predicted molar refractivity (Wildman–Crippen MR) is 145 cm³/mol. The van der Waals surface area contributed by atoms with Crippen LogP contribution in [0.15, 0.2) is 12.1 Å². The Morgan fingerprint density at radius 3 is 2.56 bits per heavy atom. The number of nitrogens with one attached hydrogen (secondary N) is 2. The number of aromatic amines is 1. The third kappa shape index (κ3) is 5.43. The van der Waals surface area contributed by atoms with Gasteiger partial charge in [-0.15, -0.1) is 0 Å². The van der Waals surface area contributed by atoms with E-state index in [1.807, 2.05) is 21.0 Å². The second kappa shape index (κ2) is 10.9. The van der Waals surface area contributed by atoms with E-state index in [2.05, 4.69) is 49.3 Å². The van der Waals surface area contributed by atoms with E-state index in [-0.39, 0.29) is 17.5 Å². The van der Waals surface area contributed by atoms with E-state index in [0.717, 1.165) is 34.3 Å². The van der Waals surface area contributed by atoms with Crippen LogP contribution < -0.4 is 5.32 Å². The Hall–Kier alpha value is -2.49. The molecule has 0 saturated heterocycles. The van der Waals surface area contributed by atoms with Gasteiger partial charge in [0.25, 0.3) is 0 Å². The molecule has 9 heteroatoms. The Morgan fingerprint density at radius 2 is 1.94 bits per heavy atom. The normalized spacial score (nSPS) is 12.5. The molecule has 0 radical (unpaired) electrons. The molecule has 1 aromatic carbocycles. The highest BCUT2D eigenvalue weighted by molar-refractivity contribution is 6.74. The molecule has 0 atom stereocenters. The van der Waals surface area contributed by atoms with Gasteiger partial charge < -0.3 is 19.5 Å². The zero-order chi connectivity index (χ0) is 26.8. The number of nitrogens with zero attached hydrogens (tertiary/aromatic N) is 2. The minimum atomic E-state index is -1.87. The fraction of sp³-hybridized carbons (Fsp3) is 0.556. The molecular weight excluding hydrogens is 475 g/mol. The van der Waals surface area contributed by atoms with Crippen molar-refractivity contribution in [2.45, 2.75) is 72.1 Å². The summed E-state index contributed by atoms with van der Waals surface area (Å²) in [6.07, 6.45) is 1.36. The first kappa shape index (κ1) is 28.1. The first-order valence-electron chi connectivity index (χ1n) is 12.7. The fourth-order valence-electron chi connectivity index (χ4n) is 4.26. The lowest BCUT2D eigenvalue weighted by molar-refractivity contribution is 0.0519. The van der Waals surface area contributed by atoms with E-state index >= 15 is 4.39 Å². The molecule has 2 aromatic heterocycles. The molecule has 0 fully saturated rings. The van der Waals surface area contributed by atoms with E-state index < -0.39 is 14.3 Å². The van der Waals surface area contributed by atoms with Gasteiger partial charge in [-0.1, -0.05) is 20.8 Å². The van der Waals surface area contributed by atoms with Crippen LogP contribution in [-0.2, 0) is 29.2 Å². The second-order valence-corrected chi connectivity index (χ2v) is 15.6. The van der Waals surface area contributed by atoms with Crippen LogP contribution in [0.1, 0.15) is 61.6 Å². The highest BCUT2D eigenvalue weighted by Crippen LogP contribution is 2.39. The number of esters is 1. The third-order valence-corrected chi connectivity index (χ3v) is 11.9. The molecule has 2 N–H and O–H groups in total. The summed E-state index contributed by atoms with van der Waals surface area (Å²) >= 11 is 0. The van der Waals surface area contributed by atoms with Crippen molar-refractivity contribution in [2.24, 2.45) is 7.05 Å². The molecule has 3 aromatic rings. The smallest absolute Gasteiger partial charge is 0.355 e. The maximum atomic E-state index is 15.4. The van der Waals surface area contributed by atoms with Gasteiger partial charge in [-0.2, -0.15) is 5.10 Å². The Labute approximate surface area is 214 Å². The number of benzene rings is 1. The van der Waals surface area contributed by atoms with Gasteiger partial charge >= 0.3 is 5.97 Å². The van der Waals surface area contributed by atoms with Crippen molar-refractivity contribution in [3.63, 3.8) is 0 Å². The number of carbonyl (C=O) groups excluding carboxylic acids is 1. The lowest BCUT2D eigenvalue weighted by Gasteiger charge is -2.36. The number of H-pyrrole nitrogens is 1. The van der Waals surface area contributed by atoms with Gasteiger partial charge in [-0.05, 0) is 69.6 Å². The van der Waals surface area contributed by atoms with Gasteiger partial charge in [0.2, 0.25) is 0 Å². The zero-order valence-electron chi connectivity index (χ0n) is 23.2. The van der Waals surface area contributed by atoms with Gasteiger partial charge in [0.1, 0.15) is 11.5 Å². The van der Waals surface area contributed by atoms with Crippen molar-refractivity contribution in [1.29, 1.82) is 0 Å².